The molecule has 29 heavy (non-hydrogen) atoms. The van der Waals surface area contributed by atoms with Crippen LogP contribution in [0.3, 0.4) is 0 Å². The number of urea groups is 1. The highest BCUT2D eigenvalue weighted by Crippen LogP contribution is 2.34. The fourth-order valence-corrected chi connectivity index (χ4v) is 4.15. The number of rotatable bonds is 9. The summed E-state index contributed by atoms with van der Waals surface area (Å²) in [5.74, 6) is 1.14. The van der Waals surface area contributed by atoms with Crippen LogP contribution in [0.5, 0.6) is 11.5 Å². The van der Waals surface area contributed by atoms with E-state index in [0.29, 0.717) is 30.2 Å². The maximum absolute atomic E-state index is 12.8. The first-order chi connectivity index (χ1) is 13.9. The first-order valence-corrected chi connectivity index (χ1v) is 10.7. The van der Waals surface area contributed by atoms with Crippen LogP contribution in [0, 0.1) is 0 Å². The van der Waals surface area contributed by atoms with Crippen molar-refractivity contribution in [3.05, 3.63) is 29.3 Å². The molecule has 1 unspecified atom stereocenters. The number of aromatic nitrogens is 1. The SMILES string of the molecule is CCCCC1(C)NC(=O)N(Cc2csc(-c3ccc(OCC)c(OC)c3)n2)C1=O. The van der Waals surface area contributed by atoms with Crippen LogP contribution in [-0.4, -0.2) is 41.1 Å². The molecular formula is C21H27N3O4S. The second-order valence-corrected chi connectivity index (χ2v) is 8.06. The van der Waals surface area contributed by atoms with Gasteiger partial charge in [0.2, 0.25) is 0 Å². The zero-order chi connectivity index (χ0) is 21.0. The van der Waals surface area contributed by atoms with Crippen molar-refractivity contribution in [3.63, 3.8) is 0 Å². The van der Waals surface area contributed by atoms with Crippen molar-refractivity contribution < 1.29 is 19.1 Å². The lowest BCUT2D eigenvalue weighted by Crippen LogP contribution is -2.43. The molecule has 1 aliphatic rings. The number of nitrogens with one attached hydrogen (secondary N) is 1. The maximum Gasteiger partial charge on any atom is 0.325 e. The number of benzene rings is 1. The summed E-state index contributed by atoms with van der Waals surface area (Å²) in [6.07, 6.45) is 2.50. The number of imide groups is 1. The number of hydrogen-bond donors (Lipinski definition) is 1. The number of ether oxygens (including phenoxy) is 2. The van der Waals surface area contributed by atoms with E-state index in [1.165, 1.54) is 16.2 Å². The Labute approximate surface area is 175 Å². The Morgan fingerprint density at radius 1 is 1.24 bits per heavy atom. The molecule has 2 aromatic rings. The average Bonchev–Trinajstić information content (AvgIpc) is 3.26. The molecule has 8 heteroatoms. The number of carbonyl (C=O) groups excluding carboxylic acids is 2. The van der Waals surface area contributed by atoms with Gasteiger partial charge >= 0.3 is 6.03 Å². The molecule has 1 N–H and O–H groups in total. The van der Waals surface area contributed by atoms with Crippen LogP contribution in [0.1, 0.15) is 45.7 Å². The Kier molecular flexibility index (Phi) is 6.42. The molecule has 3 rings (SSSR count). The molecule has 0 spiro atoms. The number of thiazole rings is 1. The summed E-state index contributed by atoms with van der Waals surface area (Å²) in [5, 5.41) is 5.51. The van der Waals surface area contributed by atoms with Crippen molar-refractivity contribution in [3.8, 4) is 22.1 Å². The quantitative estimate of drug-likeness (QED) is 0.618. The second-order valence-electron chi connectivity index (χ2n) is 7.20. The highest BCUT2D eigenvalue weighted by molar-refractivity contribution is 7.13. The monoisotopic (exact) mass is 417 g/mol. The fraction of sp³-hybridized carbons (Fsp3) is 0.476. The summed E-state index contributed by atoms with van der Waals surface area (Å²) in [6.45, 7) is 6.50. The van der Waals surface area contributed by atoms with Gasteiger partial charge in [0.25, 0.3) is 5.91 Å². The van der Waals surface area contributed by atoms with Gasteiger partial charge in [-0.3, -0.25) is 9.69 Å². The maximum atomic E-state index is 12.8. The number of carbonyl (C=O) groups is 2. The summed E-state index contributed by atoms with van der Waals surface area (Å²) in [6, 6.07) is 5.30. The smallest absolute Gasteiger partial charge is 0.325 e. The normalized spacial score (nSPS) is 18.8. The molecule has 0 bridgehead atoms. The Morgan fingerprint density at radius 3 is 2.72 bits per heavy atom. The summed E-state index contributed by atoms with van der Waals surface area (Å²) in [4.78, 5) is 31.0. The summed E-state index contributed by atoms with van der Waals surface area (Å²) < 4.78 is 11.0. The van der Waals surface area contributed by atoms with Gasteiger partial charge in [-0.15, -0.1) is 11.3 Å². The van der Waals surface area contributed by atoms with E-state index in [1.807, 2.05) is 30.5 Å². The van der Waals surface area contributed by atoms with E-state index < -0.39 is 5.54 Å². The van der Waals surface area contributed by atoms with E-state index in [2.05, 4.69) is 17.2 Å². The van der Waals surface area contributed by atoms with Gasteiger partial charge in [0.05, 0.1) is 26.0 Å². The van der Waals surface area contributed by atoms with Crippen LogP contribution in [-0.2, 0) is 11.3 Å². The van der Waals surface area contributed by atoms with E-state index in [4.69, 9.17) is 9.47 Å². The van der Waals surface area contributed by atoms with Crippen LogP contribution in [0.15, 0.2) is 23.6 Å². The Balaban J connectivity index is 1.75. The van der Waals surface area contributed by atoms with Gasteiger partial charge in [0.15, 0.2) is 11.5 Å². The van der Waals surface area contributed by atoms with Gasteiger partial charge in [-0.2, -0.15) is 0 Å². The molecule has 0 aliphatic carbocycles. The van der Waals surface area contributed by atoms with Gasteiger partial charge in [0.1, 0.15) is 10.5 Å². The number of nitrogens with zero attached hydrogens (tertiary/aromatic N) is 2. The Hall–Kier alpha value is -2.61. The van der Waals surface area contributed by atoms with E-state index in [9.17, 15) is 9.59 Å². The van der Waals surface area contributed by atoms with Gasteiger partial charge in [-0.1, -0.05) is 19.8 Å². The number of methoxy groups -OCH3 is 1. The molecule has 1 aromatic heterocycles. The van der Waals surface area contributed by atoms with Crippen LogP contribution in [0.25, 0.3) is 10.6 Å². The van der Waals surface area contributed by atoms with Crippen molar-refractivity contribution in [2.45, 2.75) is 52.1 Å². The minimum Gasteiger partial charge on any atom is -0.493 e. The Morgan fingerprint density at radius 2 is 2.03 bits per heavy atom. The van der Waals surface area contributed by atoms with Crippen LogP contribution in [0.4, 0.5) is 4.79 Å². The average molecular weight is 418 g/mol. The van der Waals surface area contributed by atoms with Crippen LogP contribution >= 0.6 is 11.3 Å². The number of amides is 3. The number of unbranched alkanes of at least 4 members (excludes halogenated alkanes) is 1. The molecule has 2 heterocycles. The zero-order valence-corrected chi connectivity index (χ0v) is 18.1. The molecule has 3 amide bonds. The second kappa shape index (κ2) is 8.82. The molecule has 0 saturated carbocycles. The third-order valence-electron chi connectivity index (χ3n) is 4.96. The molecular weight excluding hydrogens is 390 g/mol. The van der Waals surface area contributed by atoms with Crippen LogP contribution in [0.2, 0.25) is 0 Å². The Bertz CT molecular complexity index is 898. The third-order valence-corrected chi connectivity index (χ3v) is 5.90. The zero-order valence-electron chi connectivity index (χ0n) is 17.3. The first kappa shape index (κ1) is 21.1. The molecule has 1 atom stereocenters. The lowest BCUT2D eigenvalue weighted by molar-refractivity contribution is -0.131. The largest absolute Gasteiger partial charge is 0.493 e. The van der Waals surface area contributed by atoms with Crippen molar-refractivity contribution in [1.82, 2.24) is 15.2 Å². The molecule has 0 radical (unpaired) electrons. The van der Waals surface area contributed by atoms with E-state index in [-0.39, 0.29) is 18.5 Å². The summed E-state index contributed by atoms with van der Waals surface area (Å²) in [7, 11) is 1.60. The minimum absolute atomic E-state index is 0.164. The predicted molar refractivity (Wildman–Crippen MR) is 112 cm³/mol. The molecule has 1 aromatic carbocycles. The molecule has 1 fully saturated rings. The van der Waals surface area contributed by atoms with Crippen molar-refractivity contribution in [2.75, 3.05) is 13.7 Å². The summed E-state index contributed by atoms with van der Waals surface area (Å²) >= 11 is 1.46. The molecule has 1 saturated heterocycles. The first-order valence-electron chi connectivity index (χ1n) is 9.81. The topological polar surface area (TPSA) is 80.8 Å². The van der Waals surface area contributed by atoms with Gasteiger partial charge < -0.3 is 14.8 Å². The van der Waals surface area contributed by atoms with Crippen molar-refractivity contribution >= 4 is 23.3 Å². The van der Waals surface area contributed by atoms with E-state index in [1.54, 1.807) is 14.0 Å². The lowest BCUT2D eigenvalue weighted by atomic mass is 9.95. The predicted octanol–water partition coefficient (Wildman–Crippen LogP) is 4.22. The molecule has 1 aliphatic heterocycles. The van der Waals surface area contributed by atoms with E-state index >= 15 is 0 Å². The van der Waals surface area contributed by atoms with Crippen molar-refractivity contribution in [1.29, 1.82) is 0 Å². The van der Waals surface area contributed by atoms with Gasteiger partial charge in [0, 0.05) is 10.9 Å². The molecule has 156 valence electrons. The van der Waals surface area contributed by atoms with Crippen molar-refractivity contribution in [2.24, 2.45) is 0 Å². The lowest BCUT2D eigenvalue weighted by Gasteiger charge is -2.21. The number of hydrogen-bond acceptors (Lipinski definition) is 6. The van der Waals surface area contributed by atoms with E-state index in [0.717, 1.165) is 23.4 Å². The minimum atomic E-state index is -0.825. The summed E-state index contributed by atoms with van der Waals surface area (Å²) in [5.41, 5.74) is 0.752. The highest BCUT2D eigenvalue weighted by atomic mass is 32.1. The van der Waals surface area contributed by atoms with Gasteiger partial charge in [-0.25, -0.2) is 9.78 Å². The standard InChI is InChI=1S/C21H27N3O4S/c1-5-7-10-21(3)19(25)24(20(26)23-21)12-15-13-29-18(22-15)14-8-9-16(28-6-2)17(11-14)27-4/h8-9,11,13H,5-7,10,12H2,1-4H3,(H,23,26). The van der Waals surface area contributed by atoms with Gasteiger partial charge in [-0.05, 0) is 38.5 Å². The fourth-order valence-electron chi connectivity index (χ4n) is 3.34. The molecule has 7 nitrogen and oxygen atoms in total. The third kappa shape index (κ3) is 4.37. The van der Waals surface area contributed by atoms with Crippen LogP contribution < -0.4 is 14.8 Å². The highest BCUT2D eigenvalue weighted by Gasteiger charge is 2.47.